The highest BCUT2D eigenvalue weighted by atomic mass is 16.5. The molecule has 0 spiro atoms. The Bertz CT molecular complexity index is 323. The van der Waals surface area contributed by atoms with Gasteiger partial charge >= 0.3 is 12.0 Å². The van der Waals surface area contributed by atoms with E-state index < -0.39 is 5.97 Å². The predicted molar refractivity (Wildman–Crippen MR) is 67.8 cm³/mol. The van der Waals surface area contributed by atoms with Crippen LogP contribution in [0, 0.1) is 5.92 Å². The first-order valence-electron chi connectivity index (χ1n) is 6.38. The molecule has 1 saturated heterocycles. The molecular formula is C12H22N2O5. The van der Waals surface area contributed by atoms with Crippen molar-refractivity contribution in [1.29, 1.82) is 0 Å². The summed E-state index contributed by atoms with van der Waals surface area (Å²) in [6.45, 7) is 2.58. The summed E-state index contributed by atoms with van der Waals surface area (Å²) in [5.74, 6) is -0.833. The number of carbonyl (C=O) groups is 2. The van der Waals surface area contributed by atoms with E-state index in [2.05, 4.69) is 0 Å². The summed E-state index contributed by atoms with van der Waals surface area (Å²) in [7, 11) is 1.50. The van der Waals surface area contributed by atoms with Crippen LogP contribution in [0.2, 0.25) is 0 Å². The number of ether oxygens (including phenoxy) is 1. The number of likely N-dealkylation sites (tertiary alicyclic amines) is 1. The van der Waals surface area contributed by atoms with Gasteiger partial charge in [0.15, 0.2) is 0 Å². The van der Waals surface area contributed by atoms with Crippen molar-refractivity contribution in [2.75, 3.05) is 40.0 Å². The van der Waals surface area contributed by atoms with E-state index >= 15 is 0 Å². The van der Waals surface area contributed by atoms with Gasteiger partial charge in [-0.3, -0.25) is 4.79 Å². The first-order chi connectivity index (χ1) is 9.01. The van der Waals surface area contributed by atoms with Crippen molar-refractivity contribution in [1.82, 2.24) is 9.80 Å². The molecule has 0 saturated carbocycles. The van der Waals surface area contributed by atoms with Gasteiger partial charge in [0.2, 0.25) is 0 Å². The number of aliphatic hydroxyl groups is 1. The van der Waals surface area contributed by atoms with Gasteiger partial charge in [0.05, 0.1) is 19.3 Å². The Kier molecular flexibility index (Phi) is 6.04. The number of carboxylic acids is 1. The number of aliphatic carboxylic acids is 1. The largest absolute Gasteiger partial charge is 0.480 e. The van der Waals surface area contributed by atoms with Crippen molar-refractivity contribution in [2.45, 2.75) is 19.4 Å². The number of nitrogens with zero attached hydrogens (tertiary/aromatic N) is 2. The lowest BCUT2D eigenvalue weighted by Crippen LogP contribution is -2.50. The smallest absolute Gasteiger partial charge is 0.323 e. The Morgan fingerprint density at radius 3 is 2.68 bits per heavy atom. The third kappa shape index (κ3) is 4.07. The fourth-order valence-electron chi connectivity index (χ4n) is 2.31. The molecule has 1 aliphatic rings. The van der Waals surface area contributed by atoms with Gasteiger partial charge in [-0.25, -0.2) is 4.79 Å². The van der Waals surface area contributed by atoms with Crippen LogP contribution < -0.4 is 0 Å². The second-order valence-corrected chi connectivity index (χ2v) is 4.80. The molecule has 1 aliphatic heterocycles. The van der Waals surface area contributed by atoms with Crippen LogP contribution in [0.4, 0.5) is 4.79 Å². The minimum atomic E-state index is -1.06. The molecule has 0 aromatic heterocycles. The van der Waals surface area contributed by atoms with Crippen molar-refractivity contribution in [2.24, 2.45) is 5.92 Å². The molecule has 0 radical (unpaired) electrons. The van der Waals surface area contributed by atoms with Crippen molar-refractivity contribution >= 4 is 12.0 Å². The van der Waals surface area contributed by atoms with Crippen molar-refractivity contribution in [3.8, 4) is 0 Å². The molecule has 0 aromatic rings. The fraction of sp³-hybridized carbons (Fsp3) is 0.833. The molecule has 19 heavy (non-hydrogen) atoms. The normalized spacial score (nSPS) is 22.6. The van der Waals surface area contributed by atoms with Crippen LogP contribution in [0.25, 0.3) is 0 Å². The fourth-order valence-corrected chi connectivity index (χ4v) is 2.31. The van der Waals surface area contributed by atoms with Crippen LogP contribution in [0.5, 0.6) is 0 Å². The van der Waals surface area contributed by atoms with Crippen LogP contribution in [-0.2, 0) is 9.53 Å². The maximum Gasteiger partial charge on any atom is 0.323 e. The average molecular weight is 274 g/mol. The molecule has 0 aromatic carbocycles. The zero-order chi connectivity index (χ0) is 14.4. The average Bonchev–Trinajstić information content (AvgIpc) is 2.74. The number of carbonyl (C=O) groups excluding carboxylic acids is 1. The van der Waals surface area contributed by atoms with E-state index in [0.717, 1.165) is 6.42 Å². The molecule has 2 atom stereocenters. The first-order valence-corrected chi connectivity index (χ1v) is 6.38. The van der Waals surface area contributed by atoms with Crippen molar-refractivity contribution < 1.29 is 24.5 Å². The third-order valence-corrected chi connectivity index (χ3v) is 3.48. The summed E-state index contributed by atoms with van der Waals surface area (Å²) in [4.78, 5) is 25.9. The lowest BCUT2D eigenvalue weighted by Gasteiger charge is -2.31. The lowest BCUT2D eigenvalue weighted by atomic mass is 10.0. The quantitative estimate of drug-likeness (QED) is 0.702. The number of amides is 2. The maximum atomic E-state index is 12.3. The maximum absolute atomic E-state index is 12.3. The van der Waals surface area contributed by atoms with Gasteiger partial charge < -0.3 is 24.7 Å². The molecule has 7 nitrogen and oxygen atoms in total. The van der Waals surface area contributed by atoms with Gasteiger partial charge in [-0.05, 0) is 12.3 Å². The summed E-state index contributed by atoms with van der Waals surface area (Å²) < 4.78 is 4.89. The number of hydrogen-bond acceptors (Lipinski definition) is 4. The molecule has 2 N–H and O–H groups in total. The first kappa shape index (κ1) is 15.7. The molecule has 2 unspecified atom stereocenters. The second kappa shape index (κ2) is 7.30. The van der Waals surface area contributed by atoms with Gasteiger partial charge in [0.25, 0.3) is 0 Å². The SMILES string of the molecule is COCCN(CC(=O)O)C(=O)N1CCC(C)C1CO. The van der Waals surface area contributed by atoms with Gasteiger partial charge in [0, 0.05) is 20.2 Å². The van der Waals surface area contributed by atoms with Gasteiger partial charge in [-0.2, -0.15) is 0 Å². The van der Waals surface area contributed by atoms with E-state index in [-0.39, 0.29) is 44.3 Å². The molecule has 7 heteroatoms. The summed E-state index contributed by atoms with van der Waals surface area (Å²) >= 11 is 0. The molecule has 2 amide bonds. The predicted octanol–water partition coefficient (Wildman–Crippen LogP) is -0.158. The summed E-state index contributed by atoms with van der Waals surface area (Å²) in [5, 5.41) is 18.2. The third-order valence-electron chi connectivity index (χ3n) is 3.48. The molecular weight excluding hydrogens is 252 g/mol. The molecule has 110 valence electrons. The van der Waals surface area contributed by atoms with Crippen LogP contribution >= 0.6 is 0 Å². The minimum Gasteiger partial charge on any atom is -0.480 e. The van der Waals surface area contributed by atoms with E-state index in [4.69, 9.17) is 9.84 Å². The minimum absolute atomic E-state index is 0.0991. The van der Waals surface area contributed by atoms with E-state index in [0.29, 0.717) is 6.54 Å². The lowest BCUT2D eigenvalue weighted by molar-refractivity contribution is -0.137. The highest BCUT2D eigenvalue weighted by Crippen LogP contribution is 2.24. The van der Waals surface area contributed by atoms with E-state index in [1.54, 1.807) is 4.90 Å². The number of urea groups is 1. The zero-order valence-electron chi connectivity index (χ0n) is 11.4. The second-order valence-electron chi connectivity index (χ2n) is 4.80. The summed E-state index contributed by atoms with van der Waals surface area (Å²) in [6, 6.07) is -0.575. The standard InChI is InChI=1S/C12H22N2O5/c1-9-3-4-14(10(9)8-15)12(18)13(5-6-19-2)7-11(16)17/h9-10,15H,3-8H2,1-2H3,(H,16,17). The Labute approximate surface area is 112 Å². The van der Waals surface area contributed by atoms with Crippen molar-refractivity contribution in [3.05, 3.63) is 0 Å². The monoisotopic (exact) mass is 274 g/mol. The van der Waals surface area contributed by atoms with Gasteiger partial charge in [0.1, 0.15) is 6.54 Å². The van der Waals surface area contributed by atoms with E-state index in [9.17, 15) is 14.7 Å². The Morgan fingerprint density at radius 1 is 1.47 bits per heavy atom. The molecule has 0 bridgehead atoms. The Hall–Kier alpha value is -1.34. The highest BCUT2D eigenvalue weighted by Gasteiger charge is 2.36. The number of aliphatic hydroxyl groups excluding tert-OH is 1. The van der Waals surface area contributed by atoms with Crippen LogP contribution in [0.3, 0.4) is 0 Å². The zero-order valence-corrected chi connectivity index (χ0v) is 11.4. The summed E-state index contributed by atoms with van der Waals surface area (Å²) in [6.07, 6.45) is 0.822. The van der Waals surface area contributed by atoms with Crippen LogP contribution in [-0.4, -0.2) is 78.0 Å². The molecule has 1 fully saturated rings. The number of hydrogen-bond donors (Lipinski definition) is 2. The van der Waals surface area contributed by atoms with Gasteiger partial charge in [-0.15, -0.1) is 0 Å². The Morgan fingerprint density at radius 2 is 2.16 bits per heavy atom. The molecule has 1 heterocycles. The van der Waals surface area contributed by atoms with Crippen LogP contribution in [0.15, 0.2) is 0 Å². The van der Waals surface area contributed by atoms with E-state index in [1.807, 2.05) is 6.92 Å². The number of methoxy groups -OCH3 is 1. The highest BCUT2D eigenvalue weighted by molar-refractivity contribution is 5.80. The van der Waals surface area contributed by atoms with E-state index in [1.165, 1.54) is 12.0 Å². The molecule has 1 rings (SSSR count). The summed E-state index contributed by atoms with van der Waals surface area (Å²) in [5.41, 5.74) is 0. The topological polar surface area (TPSA) is 90.3 Å². The number of rotatable bonds is 6. The number of carboxylic acid groups (broad SMARTS) is 1. The van der Waals surface area contributed by atoms with Gasteiger partial charge in [-0.1, -0.05) is 6.92 Å². The Balaban J connectivity index is 2.71. The van der Waals surface area contributed by atoms with Crippen LogP contribution in [0.1, 0.15) is 13.3 Å². The van der Waals surface area contributed by atoms with Crippen molar-refractivity contribution in [3.63, 3.8) is 0 Å². The molecule has 0 aliphatic carbocycles.